The summed E-state index contributed by atoms with van der Waals surface area (Å²) >= 11 is 3.11. The summed E-state index contributed by atoms with van der Waals surface area (Å²) in [4.78, 5) is 11.2. The smallest absolute Gasteiger partial charge is 0.265 e. The van der Waals surface area contributed by atoms with E-state index in [2.05, 4.69) is 21.9 Å². The van der Waals surface area contributed by atoms with Gasteiger partial charge in [0.15, 0.2) is 0 Å². The summed E-state index contributed by atoms with van der Waals surface area (Å²) in [5.41, 5.74) is -0.0922. The van der Waals surface area contributed by atoms with Gasteiger partial charge in [-0.2, -0.15) is 0 Å². The maximum atomic E-state index is 11.2. The second-order valence-electron chi connectivity index (χ2n) is 1.99. The lowest BCUT2D eigenvalue weighted by atomic mass is 10.4. The Bertz CT molecular complexity index is 348. The minimum absolute atomic E-state index is 0.0922. The van der Waals surface area contributed by atoms with Crippen molar-refractivity contribution < 1.29 is 0 Å². The zero-order valence-corrected chi connectivity index (χ0v) is 7.34. The van der Waals surface area contributed by atoms with Crippen molar-refractivity contribution in [3.63, 3.8) is 0 Å². The highest BCUT2D eigenvalue weighted by atomic mass is 79.9. The lowest BCUT2D eigenvalue weighted by Gasteiger charge is -1.98. The van der Waals surface area contributed by atoms with Gasteiger partial charge < -0.3 is 4.57 Å². The van der Waals surface area contributed by atoms with E-state index in [1.54, 1.807) is 18.3 Å². The number of hydrogen-bond donors (Lipinski definition) is 0. The topological polar surface area (TPSA) is 22.0 Å². The molecule has 2 nitrogen and oxygen atoms in total. The molecule has 3 heteroatoms. The number of rotatable bonds is 1. The first-order valence-corrected chi connectivity index (χ1v) is 3.83. The third-order valence-electron chi connectivity index (χ3n) is 1.24. The quantitative estimate of drug-likeness (QED) is 0.642. The molecule has 0 atom stereocenters. The van der Waals surface area contributed by atoms with E-state index in [-0.39, 0.29) is 5.56 Å². The van der Waals surface area contributed by atoms with Gasteiger partial charge >= 0.3 is 0 Å². The Morgan fingerprint density at radius 2 is 2.45 bits per heavy atom. The second kappa shape index (κ2) is 3.40. The Hall–Kier alpha value is -1.01. The molecule has 0 unspecified atom stereocenters. The van der Waals surface area contributed by atoms with Crippen LogP contribution in [-0.4, -0.2) is 4.57 Å². The van der Waals surface area contributed by atoms with Gasteiger partial charge in [-0.1, -0.05) is 5.92 Å². The fraction of sp³-hybridized carbons (Fsp3) is 0.125. The highest BCUT2D eigenvalue weighted by Crippen LogP contribution is 1.99. The molecule has 0 amide bonds. The maximum absolute atomic E-state index is 11.2. The first-order valence-electron chi connectivity index (χ1n) is 3.04. The highest BCUT2D eigenvalue weighted by molar-refractivity contribution is 9.10. The van der Waals surface area contributed by atoms with Crippen molar-refractivity contribution in [3.05, 3.63) is 33.2 Å². The van der Waals surface area contributed by atoms with E-state index in [0.717, 1.165) is 0 Å². The van der Waals surface area contributed by atoms with Gasteiger partial charge in [-0.25, -0.2) is 0 Å². The van der Waals surface area contributed by atoms with Crippen molar-refractivity contribution in [1.82, 2.24) is 4.57 Å². The molecular weight excluding hydrogens is 206 g/mol. The first kappa shape index (κ1) is 8.09. The molecule has 0 aromatic carbocycles. The number of nitrogens with zero attached hydrogens (tertiary/aromatic N) is 1. The molecule has 56 valence electrons. The summed E-state index contributed by atoms with van der Waals surface area (Å²) in [5.74, 6) is 2.39. The van der Waals surface area contributed by atoms with Crippen LogP contribution in [-0.2, 0) is 6.54 Å². The zero-order chi connectivity index (χ0) is 8.27. The molecule has 0 saturated carbocycles. The first-order chi connectivity index (χ1) is 5.25. The number of hydrogen-bond acceptors (Lipinski definition) is 1. The van der Waals surface area contributed by atoms with Gasteiger partial charge in [0.25, 0.3) is 5.56 Å². The highest BCUT2D eigenvalue weighted by Gasteiger charge is 1.95. The summed E-state index contributed by atoms with van der Waals surface area (Å²) < 4.78 is 2.00. The summed E-state index contributed by atoms with van der Waals surface area (Å²) in [5, 5.41) is 0. The molecule has 1 rings (SSSR count). The normalized spacial score (nSPS) is 9.09. The molecule has 0 fully saturated rings. The Kier molecular flexibility index (Phi) is 2.50. The maximum Gasteiger partial charge on any atom is 0.265 e. The predicted molar refractivity (Wildman–Crippen MR) is 47.2 cm³/mol. The van der Waals surface area contributed by atoms with Crippen molar-refractivity contribution in [2.45, 2.75) is 6.54 Å². The lowest BCUT2D eigenvalue weighted by molar-refractivity contribution is 0.791. The summed E-state index contributed by atoms with van der Waals surface area (Å²) in [6.45, 7) is 0.318. The summed E-state index contributed by atoms with van der Waals surface area (Å²) in [7, 11) is 0. The average molecular weight is 212 g/mol. The number of aromatic nitrogens is 1. The van der Waals surface area contributed by atoms with Gasteiger partial charge in [-0.3, -0.25) is 4.79 Å². The Morgan fingerprint density at radius 3 is 3.09 bits per heavy atom. The molecule has 1 aromatic rings. The van der Waals surface area contributed by atoms with Crippen LogP contribution in [0, 0.1) is 12.3 Å². The van der Waals surface area contributed by atoms with Crippen LogP contribution in [0.25, 0.3) is 0 Å². The number of terminal acetylenes is 1. The molecule has 1 aromatic heterocycles. The second-order valence-corrected chi connectivity index (χ2v) is 2.85. The van der Waals surface area contributed by atoms with Crippen LogP contribution in [0.3, 0.4) is 0 Å². The van der Waals surface area contributed by atoms with E-state index in [9.17, 15) is 4.79 Å². The Morgan fingerprint density at radius 1 is 1.73 bits per heavy atom. The van der Waals surface area contributed by atoms with Crippen molar-refractivity contribution in [2.24, 2.45) is 0 Å². The molecular formula is C8H6BrNO. The van der Waals surface area contributed by atoms with Crippen molar-refractivity contribution >= 4 is 15.9 Å². The molecule has 11 heavy (non-hydrogen) atoms. The van der Waals surface area contributed by atoms with E-state index >= 15 is 0 Å². The van der Waals surface area contributed by atoms with E-state index in [1.807, 2.05) is 0 Å². The predicted octanol–water partition coefficient (Wildman–Crippen LogP) is 1.24. The fourth-order valence-electron chi connectivity index (χ4n) is 0.730. The average Bonchev–Trinajstić information content (AvgIpc) is 1.99. The third-order valence-corrected chi connectivity index (χ3v) is 1.84. The van der Waals surface area contributed by atoms with Crippen LogP contribution in [0.4, 0.5) is 0 Å². The zero-order valence-electron chi connectivity index (χ0n) is 5.75. The van der Waals surface area contributed by atoms with E-state index in [1.165, 1.54) is 4.57 Å². The van der Waals surface area contributed by atoms with Crippen LogP contribution in [0.1, 0.15) is 0 Å². The van der Waals surface area contributed by atoms with Crippen LogP contribution in [0.5, 0.6) is 0 Å². The summed E-state index contributed by atoms with van der Waals surface area (Å²) in [6, 6.07) is 3.46. The molecule has 0 aliphatic carbocycles. The van der Waals surface area contributed by atoms with Gasteiger partial charge in [0.1, 0.15) is 0 Å². The molecule has 0 bridgehead atoms. The summed E-state index contributed by atoms with van der Waals surface area (Å²) in [6.07, 6.45) is 6.71. The van der Waals surface area contributed by atoms with Gasteiger partial charge in [0.2, 0.25) is 0 Å². The molecule has 1 heterocycles. The Balaban J connectivity index is 3.20. The molecule has 0 aliphatic rings. The fourth-order valence-corrected chi connectivity index (χ4v) is 1.11. The van der Waals surface area contributed by atoms with Crippen molar-refractivity contribution in [3.8, 4) is 12.3 Å². The van der Waals surface area contributed by atoms with Crippen LogP contribution >= 0.6 is 15.9 Å². The molecule has 0 saturated heterocycles. The Labute approximate surface area is 73.0 Å². The van der Waals surface area contributed by atoms with E-state index < -0.39 is 0 Å². The number of pyridine rings is 1. The van der Waals surface area contributed by atoms with Gasteiger partial charge in [0, 0.05) is 6.20 Å². The van der Waals surface area contributed by atoms with Crippen LogP contribution in [0.2, 0.25) is 0 Å². The molecule has 0 radical (unpaired) electrons. The van der Waals surface area contributed by atoms with Crippen LogP contribution in [0.15, 0.2) is 27.6 Å². The van der Waals surface area contributed by atoms with E-state index in [4.69, 9.17) is 6.42 Å². The SMILES string of the molecule is C#CCn1cccc(Br)c1=O. The van der Waals surface area contributed by atoms with Crippen molar-refractivity contribution in [2.75, 3.05) is 0 Å². The molecule has 0 aliphatic heterocycles. The largest absolute Gasteiger partial charge is 0.303 e. The third kappa shape index (κ3) is 1.72. The standard InChI is InChI=1S/C8H6BrNO/c1-2-5-10-6-3-4-7(9)8(10)11/h1,3-4,6H,5H2. The monoisotopic (exact) mass is 211 g/mol. The molecule has 0 N–H and O–H groups in total. The van der Waals surface area contributed by atoms with Gasteiger partial charge in [0.05, 0.1) is 11.0 Å². The van der Waals surface area contributed by atoms with Gasteiger partial charge in [-0.15, -0.1) is 6.42 Å². The molecule has 0 spiro atoms. The lowest BCUT2D eigenvalue weighted by Crippen LogP contribution is -2.18. The number of halogens is 1. The van der Waals surface area contributed by atoms with Crippen molar-refractivity contribution in [1.29, 1.82) is 0 Å². The van der Waals surface area contributed by atoms with Gasteiger partial charge in [-0.05, 0) is 28.1 Å². The van der Waals surface area contributed by atoms with E-state index in [0.29, 0.717) is 11.0 Å². The minimum atomic E-state index is -0.0922. The minimum Gasteiger partial charge on any atom is -0.303 e. The van der Waals surface area contributed by atoms with Crippen LogP contribution < -0.4 is 5.56 Å².